The van der Waals surface area contributed by atoms with Crippen molar-refractivity contribution < 1.29 is 4.52 Å². The van der Waals surface area contributed by atoms with Crippen LogP contribution in [0.2, 0.25) is 0 Å². The highest BCUT2D eigenvalue weighted by Crippen LogP contribution is 2.26. The highest BCUT2D eigenvalue weighted by atomic mass is 32.2. The Balaban J connectivity index is 1.51. The molecular weight excluding hydrogens is 372 g/mol. The van der Waals surface area contributed by atoms with Crippen molar-refractivity contribution in [2.45, 2.75) is 38.1 Å². The van der Waals surface area contributed by atoms with Gasteiger partial charge in [0, 0.05) is 5.56 Å². The van der Waals surface area contributed by atoms with Gasteiger partial charge in [-0.1, -0.05) is 66.3 Å². The van der Waals surface area contributed by atoms with Gasteiger partial charge in [0.15, 0.2) is 0 Å². The van der Waals surface area contributed by atoms with E-state index >= 15 is 0 Å². The van der Waals surface area contributed by atoms with E-state index in [4.69, 9.17) is 4.52 Å². The van der Waals surface area contributed by atoms with Crippen LogP contribution in [0, 0.1) is 13.8 Å². The summed E-state index contributed by atoms with van der Waals surface area (Å²) in [4.78, 5) is 4.50. The number of hydrogen-bond donors (Lipinski definition) is 0. The average molecular weight is 392 g/mol. The highest BCUT2D eigenvalue weighted by Gasteiger charge is 2.15. The van der Waals surface area contributed by atoms with E-state index in [1.165, 1.54) is 17.3 Å². The minimum Gasteiger partial charge on any atom is -0.338 e. The second kappa shape index (κ2) is 7.93. The maximum absolute atomic E-state index is 5.41. The van der Waals surface area contributed by atoms with Crippen LogP contribution in [0.4, 0.5) is 0 Å². The zero-order valence-electron chi connectivity index (χ0n) is 16.0. The Hall–Kier alpha value is -3.00. The molecule has 0 radical (unpaired) electrons. The molecule has 0 atom stereocenters. The molecular formula is C20H20N6OS. The van der Waals surface area contributed by atoms with Crippen LogP contribution >= 0.6 is 11.8 Å². The van der Waals surface area contributed by atoms with E-state index in [2.05, 4.69) is 44.7 Å². The number of tetrazole rings is 1. The molecule has 0 aliphatic heterocycles. The van der Waals surface area contributed by atoms with E-state index in [9.17, 15) is 0 Å². The van der Waals surface area contributed by atoms with E-state index in [0.29, 0.717) is 22.6 Å². The van der Waals surface area contributed by atoms with Crippen LogP contribution in [0.15, 0.2) is 52.1 Å². The van der Waals surface area contributed by atoms with Crippen molar-refractivity contribution in [3.63, 3.8) is 0 Å². The van der Waals surface area contributed by atoms with Gasteiger partial charge in [0.1, 0.15) is 0 Å². The smallest absolute Gasteiger partial charge is 0.237 e. The molecule has 0 spiro atoms. The second-order valence-electron chi connectivity index (χ2n) is 6.46. The summed E-state index contributed by atoms with van der Waals surface area (Å²) in [6.07, 6.45) is 1.00. The monoisotopic (exact) mass is 392 g/mol. The molecule has 0 bridgehead atoms. The van der Waals surface area contributed by atoms with Crippen LogP contribution in [-0.2, 0) is 12.2 Å². The van der Waals surface area contributed by atoms with E-state index in [1.807, 2.05) is 44.2 Å². The molecule has 7 nitrogen and oxygen atoms in total. The van der Waals surface area contributed by atoms with Gasteiger partial charge in [-0.2, -0.15) is 9.67 Å². The molecule has 142 valence electrons. The predicted octanol–water partition coefficient (Wildman–Crippen LogP) is 4.18. The Kier molecular flexibility index (Phi) is 5.21. The Bertz CT molecular complexity index is 1070. The number of para-hydroxylation sites is 1. The van der Waals surface area contributed by atoms with Gasteiger partial charge in [-0.25, -0.2) is 0 Å². The third kappa shape index (κ3) is 3.68. The van der Waals surface area contributed by atoms with Crippen LogP contribution in [0.3, 0.4) is 0 Å². The fourth-order valence-corrected chi connectivity index (χ4v) is 3.71. The second-order valence-corrected chi connectivity index (χ2v) is 7.41. The molecule has 2 heterocycles. The van der Waals surface area contributed by atoms with E-state index < -0.39 is 0 Å². The molecule has 0 aliphatic rings. The Morgan fingerprint density at radius 2 is 1.79 bits per heavy atom. The highest BCUT2D eigenvalue weighted by molar-refractivity contribution is 7.98. The lowest BCUT2D eigenvalue weighted by molar-refractivity contribution is 0.391. The van der Waals surface area contributed by atoms with Crippen molar-refractivity contribution in [1.82, 2.24) is 30.3 Å². The topological polar surface area (TPSA) is 82.5 Å². The third-order valence-corrected chi connectivity index (χ3v) is 5.41. The van der Waals surface area contributed by atoms with Gasteiger partial charge in [-0.3, -0.25) is 0 Å². The number of aromatic nitrogens is 6. The van der Waals surface area contributed by atoms with Crippen molar-refractivity contribution >= 4 is 11.8 Å². The minimum absolute atomic E-state index is 0.491. The summed E-state index contributed by atoms with van der Waals surface area (Å²) in [5.41, 5.74) is 5.45. The lowest BCUT2D eigenvalue weighted by atomic mass is 10.1. The first kappa shape index (κ1) is 18.4. The van der Waals surface area contributed by atoms with Crippen LogP contribution < -0.4 is 0 Å². The molecule has 0 amide bonds. The van der Waals surface area contributed by atoms with Gasteiger partial charge < -0.3 is 4.52 Å². The van der Waals surface area contributed by atoms with E-state index in [0.717, 1.165) is 28.8 Å². The van der Waals surface area contributed by atoms with E-state index in [-0.39, 0.29) is 0 Å². The van der Waals surface area contributed by atoms with Gasteiger partial charge in [0.25, 0.3) is 0 Å². The molecule has 0 N–H and O–H groups in total. The molecule has 0 unspecified atom stereocenters. The standard InChI is InChI=1S/C20H20N6OS/c1-4-15-8-10-16(11-9-15)19-21-17(27-23-19)12-28-20-22-24-25-26(20)18-13(2)6-5-7-14(18)3/h5-11H,4,12H2,1-3H3. The van der Waals surface area contributed by atoms with Crippen LogP contribution in [0.1, 0.15) is 29.5 Å². The van der Waals surface area contributed by atoms with Gasteiger partial charge in [0.2, 0.25) is 16.9 Å². The molecule has 28 heavy (non-hydrogen) atoms. The quantitative estimate of drug-likeness (QED) is 0.455. The van der Waals surface area contributed by atoms with Crippen molar-refractivity contribution in [2.24, 2.45) is 0 Å². The summed E-state index contributed by atoms with van der Waals surface area (Å²) in [7, 11) is 0. The first-order valence-corrected chi connectivity index (χ1v) is 10.0. The number of hydrogen-bond acceptors (Lipinski definition) is 7. The fourth-order valence-electron chi connectivity index (χ4n) is 3.00. The first-order chi connectivity index (χ1) is 13.7. The van der Waals surface area contributed by atoms with Crippen molar-refractivity contribution in [3.05, 3.63) is 65.0 Å². The van der Waals surface area contributed by atoms with E-state index in [1.54, 1.807) is 4.68 Å². The predicted molar refractivity (Wildman–Crippen MR) is 107 cm³/mol. The summed E-state index contributed by atoms with van der Waals surface area (Å²) in [6, 6.07) is 14.3. The average Bonchev–Trinajstić information content (AvgIpc) is 3.36. The number of rotatable bonds is 6. The first-order valence-electron chi connectivity index (χ1n) is 9.05. The summed E-state index contributed by atoms with van der Waals surface area (Å²) >= 11 is 1.46. The summed E-state index contributed by atoms with van der Waals surface area (Å²) in [5, 5.41) is 16.9. The number of benzene rings is 2. The van der Waals surface area contributed by atoms with Crippen molar-refractivity contribution in [2.75, 3.05) is 0 Å². The molecule has 2 aromatic heterocycles. The lowest BCUT2D eigenvalue weighted by Gasteiger charge is -2.09. The largest absolute Gasteiger partial charge is 0.338 e. The molecule has 8 heteroatoms. The summed E-state index contributed by atoms with van der Waals surface area (Å²) in [5.74, 6) is 1.62. The zero-order chi connectivity index (χ0) is 19.5. The van der Waals surface area contributed by atoms with Crippen molar-refractivity contribution in [1.29, 1.82) is 0 Å². The van der Waals surface area contributed by atoms with Crippen molar-refractivity contribution in [3.8, 4) is 17.1 Å². The summed E-state index contributed by atoms with van der Waals surface area (Å²) in [6.45, 7) is 6.23. The van der Waals surface area contributed by atoms with Crippen LogP contribution in [0.5, 0.6) is 0 Å². The van der Waals surface area contributed by atoms with Gasteiger partial charge in [-0.15, -0.1) is 5.10 Å². The lowest BCUT2D eigenvalue weighted by Crippen LogP contribution is -2.04. The van der Waals surface area contributed by atoms with Gasteiger partial charge in [-0.05, 0) is 47.4 Å². The van der Waals surface area contributed by atoms with Crippen LogP contribution in [-0.4, -0.2) is 30.3 Å². The van der Waals surface area contributed by atoms with Gasteiger partial charge in [0.05, 0.1) is 11.4 Å². The van der Waals surface area contributed by atoms with Gasteiger partial charge >= 0.3 is 0 Å². The summed E-state index contributed by atoms with van der Waals surface area (Å²) < 4.78 is 7.17. The molecule has 0 saturated carbocycles. The fraction of sp³-hybridized carbons (Fsp3) is 0.250. The Morgan fingerprint density at radius 3 is 2.50 bits per heavy atom. The zero-order valence-corrected chi connectivity index (χ0v) is 16.8. The maximum atomic E-state index is 5.41. The Labute approximate surface area is 167 Å². The maximum Gasteiger partial charge on any atom is 0.237 e. The number of thioether (sulfide) groups is 1. The Morgan fingerprint density at radius 1 is 1.04 bits per heavy atom. The SMILES string of the molecule is CCc1ccc(-c2noc(CSc3nnnn3-c3c(C)cccc3C)n2)cc1. The normalized spacial score (nSPS) is 11.1. The molecule has 0 fully saturated rings. The minimum atomic E-state index is 0.491. The third-order valence-electron chi connectivity index (χ3n) is 4.51. The molecule has 4 aromatic rings. The number of aryl methyl sites for hydroxylation is 3. The molecule has 0 saturated heterocycles. The van der Waals surface area contributed by atoms with Crippen LogP contribution in [0.25, 0.3) is 17.1 Å². The molecule has 0 aliphatic carbocycles. The number of nitrogens with zero attached hydrogens (tertiary/aromatic N) is 6. The molecule has 4 rings (SSSR count). The molecule has 2 aromatic carbocycles.